The van der Waals surface area contributed by atoms with Crippen LogP contribution in [-0.2, 0) is 0 Å². The molecule has 2 N–H and O–H groups in total. The molecule has 0 aliphatic carbocycles. The third kappa shape index (κ3) is 3.78. The predicted octanol–water partition coefficient (Wildman–Crippen LogP) is 3.83. The first-order valence-corrected chi connectivity index (χ1v) is 6.51. The molecule has 20 heavy (non-hydrogen) atoms. The topological polar surface area (TPSA) is 44.5 Å². The van der Waals surface area contributed by atoms with Crippen molar-refractivity contribution in [3.05, 3.63) is 52.8 Å². The molecule has 106 valence electrons. The van der Waals surface area contributed by atoms with E-state index < -0.39 is 5.82 Å². The van der Waals surface area contributed by atoms with Crippen molar-refractivity contribution in [2.24, 2.45) is 0 Å². The van der Waals surface area contributed by atoms with E-state index in [1.807, 2.05) is 19.1 Å². The number of ether oxygens (including phenoxy) is 2. The van der Waals surface area contributed by atoms with Crippen LogP contribution in [0.25, 0.3) is 0 Å². The van der Waals surface area contributed by atoms with Crippen LogP contribution in [0.3, 0.4) is 0 Å². The summed E-state index contributed by atoms with van der Waals surface area (Å²) >= 11 is 5.85. The molecule has 2 aromatic carbocycles. The van der Waals surface area contributed by atoms with Crippen LogP contribution in [0, 0.1) is 12.7 Å². The zero-order chi connectivity index (χ0) is 14.5. The maximum atomic E-state index is 12.9. The minimum atomic E-state index is -0.394. The Morgan fingerprint density at radius 3 is 2.45 bits per heavy atom. The van der Waals surface area contributed by atoms with Crippen LogP contribution in [-0.4, -0.2) is 13.2 Å². The summed E-state index contributed by atoms with van der Waals surface area (Å²) in [7, 11) is 0. The Morgan fingerprint density at radius 2 is 1.75 bits per heavy atom. The average molecular weight is 296 g/mol. The molecule has 0 aliphatic heterocycles. The summed E-state index contributed by atoms with van der Waals surface area (Å²) in [6, 6.07) is 9.47. The Balaban J connectivity index is 1.86. The summed E-state index contributed by atoms with van der Waals surface area (Å²) in [6.45, 7) is 2.59. The number of hydrogen-bond donors (Lipinski definition) is 1. The van der Waals surface area contributed by atoms with E-state index in [9.17, 15) is 4.39 Å². The van der Waals surface area contributed by atoms with E-state index in [-0.39, 0.29) is 5.02 Å². The molecule has 0 atom stereocenters. The number of anilines is 1. The third-order valence-corrected chi connectivity index (χ3v) is 3.00. The largest absolute Gasteiger partial charge is 0.490 e. The second-order valence-corrected chi connectivity index (χ2v) is 4.70. The van der Waals surface area contributed by atoms with E-state index >= 15 is 0 Å². The number of aryl methyl sites for hydroxylation is 1. The number of hydrogen-bond acceptors (Lipinski definition) is 3. The predicted molar refractivity (Wildman–Crippen MR) is 78.0 cm³/mol. The van der Waals surface area contributed by atoms with Crippen LogP contribution in [0.4, 0.5) is 10.1 Å². The number of rotatable bonds is 5. The zero-order valence-electron chi connectivity index (χ0n) is 11.0. The van der Waals surface area contributed by atoms with Crippen molar-refractivity contribution >= 4 is 17.3 Å². The molecule has 0 radical (unpaired) electrons. The summed E-state index contributed by atoms with van der Waals surface area (Å²) in [5.41, 5.74) is 7.34. The Bertz CT molecular complexity index is 604. The van der Waals surface area contributed by atoms with Gasteiger partial charge in [0.05, 0.1) is 5.02 Å². The molecule has 0 heterocycles. The molecule has 0 aliphatic rings. The smallest absolute Gasteiger partial charge is 0.138 e. The lowest BCUT2D eigenvalue weighted by molar-refractivity contribution is 0.216. The van der Waals surface area contributed by atoms with Gasteiger partial charge in [-0.3, -0.25) is 0 Å². The van der Waals surface area contributed by atoms with Gasteiger partial charge < -0.3 is 15.2 Å². The average Bonchev–Trinajstić information content (AvgIpc) is 2.40. The van der Waals surface area contributed by atoms with E-state index in [4.69, 9.17) is 26.8 Å². The number of halogens is 2. The molecule has 0 bridgehead atoms. The van der Waals surface area contributed by atoms with Gasteiger partial charge in [-0.25, -0.2) is 4.39 Å². The van der Waals surface area contributed by atoms with Gasteiger partial charge in [0.25, 0.3) is 0 Å². The van der Waals surface area contributed by atoms with Gasteiger partial charge in [0.15, 0.2) is 0 Å². The Morgan fingerprint density at radius 1 is 1.05 bits per heavy atom. The molecular formula is C15H15ClFNO2. The highest BCUT2D eigenvalue weighted by Crippen LogP contribution is 2.25. The summed E-state index contributed by atoms with van der Waals surface area (Å²) < 4.78 is 23.9. The zero-order valence-corrected chi connectivity index (χ0v) is 11.8. The van der Waals surface area contributed by atoms with Crippen molar-refractivity contribution in [2.75, 3.05) is 18.9 Å². The standard InChI is InChI=1S/C15H15ClFNO2/c1-10-2-4-12(18)9-15(10)20-7-6-19-14-5-3-11(17)8-13(14)16/h2-5,8-9H,6-7,18H2,1H3. The van der Waals surface area contributed by atoms with E-state index in [1.165, 1.54) is 18.2 Å². The first kappa shape index (κ1) is 14.5. The highest BCUT2D eigenvalue weighted by Gasteiger charge is 2.04. The first-order chi connectivity index (χ1) is 9.56. The molecule has 2 aromatic rings. The molecule has 0 fully saturated rings. The molecule has 0 aromatic heterocycles. The molecule has 0 unspecified atom stereocenters. The van der Waals surface area contributed by atoms with Crippen LogP contribution < -0.4 is 15.2 Å². The van der Waals surface area contributed by atoms with E-state index in [0.29, 0.717) is 24.7 Å². The fourth-order valence-corrected chi connectivity index (χ4v) is 1.89. The third-order valence-electron chi connectivity index (χ3n) is 2.70. The fraction of sp³-hybridized carbons (Fsp3) is 0.200. The first-order valence-electron chi connectivity index (χ1n) is 6.13. The summed E-state index contributed by atoms with van der Waals surface area (Å²) in [5.74, 6) is 0.758. The number of nitrogens with two attached hydrogens (primary N) is 1. The highest BCUT2D eigenvalue weighted by atomic mass is 35.5. The van der Waals surface area contributed by atoms with Crippen LogP contribution in [0.5, 0.6) is 11.5 Å². The van der Waals surface area contributed by atoms with Crippen molar-refractivity contribution in [3.63, 3.8) is 0 Å². The lowest BCUT2D eigenvalue weighted by Crippen LogP contribution is -2.10. The van der Waals surface area contributed by atoms with Gasteiger partial charge in [-0.05, 0) is 36.8 Å². The van der Waals surface area contributed by atoms with Gasteiger partial charge in [-0.15, -0.1) is 0 Å². The van der Waals surface area contributed by atoms with Crippen LogP contribution in [0.15, 0.2) is 36.4 Å². The second kappa shape index (κ2) is 6.48. The van der Waals surface area contributed by atoms with E-state index in [0.717, 1.165) is 11.3 Å². The molecule has 5 heteroatoms. The molecule has 0 amide bonds. The van der Waals surface area contributed by atoms with Gasteiger partial charge in [0.1, 0.15) is 30.5 Å². The Kier molecular flexibility index (Phi) is 4.69. The quantitative estimate of drug-likeness (QED) is 0.673. The van der Waals surface area contributed by atoms with Crippen LogP contribution in [0.2, 0.25) is 5.02 Å². The minimum Gasteiger partial charge on any atom is -0.490 e. The van der Waals surface area contributed by atoms with Crippen molar-refractivity contribution in [2.45, 2.75) is 6.92 Å². The van der Waals surface area contributed by atoms with Crippen molar-refractivity contribution in [1.29, 1.82) is 0 Å². The number of benzene rings is 2. The van der Waals surface area contributed by atoms with E-state index in [1.54, 1.807) is 6.07 Å². The van der Waals surface area contributed by atoms with Crippen molar-refractivity contribution in [3.8, 4) is 11.5 Å². The molecule has 0 saturated carbocycles. The van der Waals surface area contributed by atoms with Crippen LogP contribution >= 0.6 is 11.6 Å². The lowest BCUT2D eigenvalue weighted by atomic mass is 10.2. The summed E-state index contributed by atoms with van der Waals surface area (Å²) in [6.07, 6.45) is 0. The highest BCUT2D eigenvalue weighted by molar-refractivity contribution is 6.32. The van der Waals surface area contributed by atoms with E-state index in [2.05, 4.69) is 0 Å². The molecule has 3 nitrogen and oxygen atoms in total. The maximum absolute atomic E-state index is 12.9. The molecular weight excluding hydrogens is 281 g/mol. The van der Waals surface area contributed by atoms with Crippen LogP contribution in [0.1, 0.15) is 5.56 Å². The maximum Gasteiger partial charge on any atom is 0.138 e. The monoisotopic (exact) mass is 295 g/mol. The van der Waals surface area contributed by atoms with Crippen molar-refractivity contribution in [1.82, 2.24) is 0 Å². The normalized spacial score (nSPS) is 10.3. The SMILES string of the molecule is Cc1ccc(N)cc1OCCOc1ccc(F)cc1Cl. The summed E-state index contributed by atoms with van der Waals surface area (Å²) in [4.78, 5) is 0. The summed E-state index contributed by atoms with van der Waals surface area (Å²) in [5, 5.41) is 0.241. The van der Waals surface area contributed by atoms with Gasteiger partial charge in [-0.1, -0.05) is 17.7 Å². The molecule has 2 rings (SSSR count). The Labute approximate surface area is 122 Å². The lowest BCUT2D eigenvalue weighted by Gasteiger charge is -2.11. The second-order valence-electron chi connectivity index (χ2n) is 4.30. The van der Waals surface area contributed by atoms with Gasteiger partial charge in [-0.2, -0.15) is 0 Å². The number of nitrogen functional groups attached to an aromatic ring is 1. The molecule has 0 saturated heterocycles. The van der Waals surface area contributed by atoms with Gasteiger partial charge >= 0.3 is 0 Å². The van der Waals surface area contributed by atoms with Gasteiger partial charge in [0, 0.05) is 11.8 Å². The fourth-order valence-electron chi connectivity index (χ4n) is 1.67. The minimum absolute atomic E-state index is 0.241. The molecule has 0 spiro atoms. The van der Waals surface area contributed by atoms with Gasteiger partial charge in [0.2, 0.25) is 0 Å². The Hall–Kier alpha value is -1.94. The van der Waals surface area contributed by atoms with Crippen molar-refractivity contribution < 1.29 is 13.9 Å².